The second kappa shape index (κ2) is 2.16. The molecule has 2 rings (SSSR count). The van der Waals surface area contributed by atoms with Crippen molar-refractivity contribution in [1.82, 2.24) is 9.55 Å². The third-order valence-corrected chi connectivity index (χ3v) is 1.99. The molecule has 11 heavy (non-hydrogen) atoms. The molecule has 2 aromatic rings. The van der Waals surface area contributed by atoms with E-state index in [2.05, 4.69) is 41.7 Å². The predicted octanol–water partition coefficient (Wildman–Crippen LogP) is 2.55. The number of aromatic nitrogens is 2. The van der Waals surface area contributed by atoms with Gasteiger partial charge in [-0.2, -0.15) is 0 Å². The predicted molar refractivity (Wildman–Crippen MR) is 46.7 cm³/mol. The van der Waals surface area contributed by atoms with Gasteiger partial charge in [-0.1, -0.05) is 0 Å². The first-order chi connectivity index (χ1) is 5.29. The highest BCUT2D eigenvalue weighted by Crippen LogP contribution is 2.17. The molecule has 0 aliphatic rings. The highest BCUT2D eigenvalue weighted by atomic mass is 15.0. The first-order valence-electron chi connectivity index (χ1n) is 3.93. The SMILES string of the molecule is CC(C)n1ccc2cc[nH]c21. The lowest BCUT2D eigenvalue weighted by atomic mass is 10.4. The van der Waals surface area contributed by atoms with Crippen molar-refractivity contribution in [3.8, 4) is 0 Å². The summed E-state index contributed by atoms with van der Waals surface area (Å²) in [4.78, 5) is 3.21. The maximum Gasteiger partial charge on any atom is 0.117 e. The van der Waals surface area contributed by atoms with Crippen LogP contribution < -0.4 is 0 Å². The molecule has 0 spiro atoms. The fourth-order valence-corrected chi connectivity index (χ4v) is 1.40. The first-order valence-corrected chi connectivity index (χ1v) is 3.93. The van der Waals surface area contributed by atoms with Crippen LogP contribution in [0.4, 0.5) is 0 Å². The number of fused-ring (bicyclic) bond motifs is 1. The molecule has 2 heterocycles. The molecule has 0 radical (unpaired) electrons. The van der Waals surface area contributed by atoms with Crippen LogP contribution in [0, 0.1) is 0 Å². The molecule has 0 bridgehead atoms. The molecular weight excluding hydrogens is 136 g/mol. The molecule has 0 aromatic carbocycles. The number of rotatable bonds is 1. The second-order valence-corrected chi connectivity index (χ2v) is 3.10. The molecule has 0 saturated carbocycles. The third-order valence-electron chi connectivity index (χ3n) is 1.99. The molecule has 0 aliphatic heterocycles. The zero-order chi connectivity index (χ0) is 7.84. The summed E-state index contributed by atoms with van der Waals surface area (Å²) in [5, 5.41) is 1.29. The summed E-state index contributed by atoms with van der Waals surface area (Å²) in [7, 11) is 0. The lowest BCUT2D eigenvalue weighted by molar-refractivity contribution is 0.618. The summed E-state index contributed by atoms with van der Waals surface area (Å²) in [5.74, 6) is 0. The van der Waals surface area contributed by atoms with Gasteiger partial charge < -0.3 is 9.55 Å². The average molecular weight is 148 g/mol. The summed E-state index contributed by atoms with van der Waals surface area (Å²) in [6.07, 6.45) is 4.09. The van der Waals surface area contributed by atoms with Gasteiger partial charge in [0.05, 0.1) is 0 Å². The Hall–Kier alpha value is -1.18. The Labute approximate surface area is 65.8 Å². The van der Waals surface area contributed by atoms with Gasteiger partial charge in [-0.05, 0) is 26.0 Å². The highest BCUT2D eigenvalue weighted by molar-refractivity contribution is 5.76. The maximum atomic E-state index is 3.21. The van der Waals surface area contributed by atoms with Crippen molar-refractivity contribution in [2.75, 3.05) is 0 Å². The van der Waals surface area contributed by atoms with Crippen LogP contribution in [0.25, 0.3) is 11.0 Å². The van der Waals surface area contributed by atoms with Crippen LogP contribution in [0.2, 0.25) is 0 Å². The van der Waals surface area contributed by atoms with Gasteiger partial charge in [0, 0.05) is 23.8 Å². The maximum absolute atomic E-state index is 3.21. The van der Waals surface area contributed by atoms with Crippen molar-refractivity contribution < 1.29 is 0 Å². The largest absolute Gasteiger partial charge is 0.348 e. The Bertz CT molecular complexity index is 354. The minimum Gasteiger partial charge on any atom is -0.348 e. The van der Waals surface area contributed by atoms with Crippen molar-refractivity contribution in [1.29, 1.82) is 0 Å². The number of nitrogens with one attached hydrogen (secondary N) is 1. The van der Waals surface area contributed by atoms with Gasteiger partial charge >= 0.3 is 0 Å². The van der Waals surface area contributed by atoms with Crippen LogP contribution in [-0.4, -0.2) is 9.55 Å². The summed E-state index contributed by atoms with van der Waals surface area (Å²) < 4.78 is 2.23. The van der Waals surface area contributed by atoms with Gasteiger partial charge in [-0.3, -0.25) is 0 Å². The Balaban J connectivity index is 2.68. The van der Waals surface area contributed by atoms with E-state index in [0.29, 0.717) is 6.04 Å². The molecule has 2 heteroatoms. The number of H-pyrrole nitrogens is 1. The molecule has 0 aliphatic carbocycles. The summed E-state index contributed by atoms with van der Waals surface area (Å²) in [5.41, 5.74) is 1.22. The van der Waals surface area contributed by atoms with Gasteiger partial charge in [0.15, 0.2) is 0 Å². The van der Waals surface area contributed by atoms with Crippen LogP contribution in [-0.2, 0) is 0 Å². The van der Waals surface area contributed by atoms with E-state index in [0.717, 1.165) is 0 Å². The topological polar surface area (TPSA) is 20.7 Å². The van der Waals surface area contributed by atoms with Crippen LogP contribution in [0.15, 0.2) is 24.5 Å². The van der Waals surface area contributed by atoms with Crippen molar-refractivity contribution in [2.45, 2.75) is 19.9 Å². The van der Waals surface area contributed by atoms with Gasteiger partial charge in [0.2, 0.25) is 0 Å². The minimum atomic E-state index is 0.533. The fourth-order valence-electron chi connectivity index (χ4n) is 1.40. The number of hydrogen-bond acceptors (Lipinski definition) is 0. The zero-order valence-corrected chi connectivity index (χ0v) is 6.83. The smallest absolute Gasteiger partial charge is 0.117 e. The average Bonchev–Trinajstić information content (AvgIpc) is 2.41. The van der Waals surface area contributed by atoms with Crippen molar-refractivity contribution in [3.63, 3.8) is 0 Å². The lowest BCUT2D eigenvalue weighted by Crippen LogP contribution is -1.97. The van der Waals surface area contributed by atoms with Crippen LogP contribution in [0.3, 0.4) is 0 Å². The minimum absolute atomic E-state index is 0.533. The van der Waals surface area contributed by atoms with E-state index in [9.17, 15) is 0 Å². The molecular formula is C9H12N2. The molecule has 0 saturated heterocycles. The summed E-state index contributed by atoms with van der Waals surface area (Å²) in [6, 6.07) is 4.76. The quantitative estimate of drug-likeness (QED) is 0.641. The van der Waals surface area contributed by atoms with Crippen molar-refractivity contribution in [3.05, 3.63) is 24.5 Å². The molecule has 2 nitrogen and oxygen atoms in total. The molecule has 0 fully saturated rings. The van der Waals surface area contributed by atoms with E-state index < -0.39 is 0 Å². The molecule has 0 unspecified atom stereocenters. The number of aromatic amines is 1. The first kappa shape index (κ1) is 6.53. The second-order valence-electron chi connectivity index (χ2n) is 3.10. The Kier molecular flexibility index (Phi) is 1.28. The highest BCUT2D eigenvalue weighted by Gasteiger charge is 2.02. The van der Waals surface area contributed by atoms with Crippen molar-refractivity contribution >= 4 is 11.0 Å². The number of hydrogen-bond donors (Lipinski definition) is 1. The normalized spacial score (nSPS) is 11.5. The summed E-state index contributed by atoms with van der Waals surface area (Å²) in [6.45, 7) is 4.36. The Morgan fingerprint density at radius 2 is 2.18 bits per heavy atom. The van der Waals surface area contributed by atoms with Gasteiger partial charge in [-0.15, -0.1) is 0 Å². The number of nitrogens with zero attached hydrogens (tertiary/aromatic N) is 1. The third kappa shape index (κ3) is 0.862. The van der Waals surface area contributed by atoms with E-state index in [1.54, 1.807) is 0 Å². The van der Waals surface area contributed by atoms with E-state index in [1.807, 2.05) is 6.20 Å². The van der Waals surface area contributed by atoms with E-state index in [-0.39, 0.29) is 0 Å². The molecule has 1 N–H and O–H groups in total. The molecule has 0 atom stereocenters. The monoisotopic (exact) mass is 148 g/mol. The van der Waals surface area contributed by atoms with E-state index in [1.165, 1.54) is 11.0 Å². The molecule has 2 aromatic heterocycles. The molecule has 58 valence electrons. The Morgan fingerprint density at radius 1 is 1.36 bits per heavy atom. The zero-order valence-electron chi connectivity index (χ0n) is 6.83. The van der Waals surface area contributed by atoms with Gasteiger partial charge in [0.25, 0.3) is 0 Å². The van der Waals surface area contributed by atoms with Crippen LogP contribution in [0.5, 0.6) is 0 Å². The van der Waals surface area contributed by atoms with Crippen LogP contribution in [0.1, 0.15) is 19.9 Å². The van der Waals surface area contributed by atoms with E-state index >= 15 is 0 Å². The standard InChI is InChI=1S/C9H12N2/c1-7(2)11-6-4-8-3-5-10-9(8)11/h3-7,10H,1-2H3. The van der Waals surface area contributed by atoms with Crippen LogP contribution >= 0.6 is 0 Å². The lowest BCUT2D eigenvalue weighted by Gasteiger charge is -2.06. The van der Waals surface area contributed by atoms with E-state index in [4.69, 9.17) is 0 Å². The van der Waals surface area contributed by atoms with Gasteiger partial charge in [0.1, 0.15) is 5.65 Å². The molecule has 0 amide bonds. The summed E-state index contributed by atoms with van der Waals surface area (Å²) >= 11 is 0. The fraction of sp³-hybridized carbons (Fsp3) is 0.333. The van der Waals surface area contributed by atoms with Gasteiger partial charge in [-0.25, -0.2) is 0 Å². The Morgan fingerprint density at radius 3 is 2.91 bits per heavy atom. The van der Waals surface area contributed by atoms with Crippen molar-refractivity contribution in [2.24, 2.45) is 0 Å².